The van der Waals surface area contributed by atoms with Crippen LogP contribution in [0.3, 0.4) is 0 Å². The van der Waals surface area contributed by atoms with Crippen LogP contribution in [0.4, 0.5) is 0 Å². The lowest BCUT2D eigenvalue weighted by Gasteiger charge is -2.10. The number of nitrogens with zero attached hydrogens (tertiary/aromatic N) is 1. The minimum Gasteiger partial charge on any atom is -0.496 e. The first-order valence-electron chi connectivity index (χ1n) is 5.85. The van der Waals surface area contributed by atoms with Crippen LogP contribution >= 0.6 is 0 Å². The summed E-state index contributed by atoms with van der Waals surface area (Å²) in [5.74, 6) is 0.452. The first-order chi connectivity index (χ1) is 9.02. The van der Waals surface area contributed by atoms with Crippen molar-refractivity contribution in [2.24, 2.45) is 0 Å². The van der Waals surface area contributed by atoms with Crippen molar-refractivity contribution in [2.75, 3.05) is 7.11 Å². The Balaban J connectivity index is 2.39. The number of carboxylic acids is 1. The highest BCUT2D eigenvalue weighted by Crippen LogP contribution is 2.31. The summed E-state index contributed by atoms with van der Waals surface area (Å²) in [7, 11) is 1.63. The maximum atomic E-state index is 10.6. The lowest BCUT2D eigenvalue weighted by atomic mass is 10.0. The molecule has 1 N–H and O–H groups in total. The Morgan fingerprint density at radius 1 is 1.37 bits per heavy atom. The molecule has 2 aromatic rings. The third-order valence-electron chi connectivity index (χ3n) is 3.11. The normalized spacial score (nSPS) is 10.5. The smallest absolute Gasteiger partial charge is 0.309 e. The number of benzene rings is 1. The highest BCUT2D eigenvalue weighted by molar-refractivity contribution is 5.71. The molecule has 1 aromatic heterocycles. The van der Waals surface area contributed by atoms with Crippen LogP contribution in [0.5, 0.6) is 5.75 Å². The van der Waals surface area contributed by atoms with Crippen molar-refractivity contribution in [1.29, 1.82) is 0 Å². The molecule has 19 heavy (non-hydrogen) atoms. The van der Waals surface area contributed by atoms with Gasteiger partial charge in [0.2, 0.25) is 0 Å². The zero-order valence-electron chi connectivity index (χ0n) is 11.1. The number of rotatable bonds is 4. The summed E-state index contributed by atoms with van der Waals surface area (Å²) in [6.45, 7) is 3.93. The lowest BCUT2D eigenvalue weighted by molar-refractivity contribution is -0.136. The maximum Gasteiger partial charge on any atom is 0.309 e. The Morgan fingerprint density at radius 3 is 2.74 bits per heavy atom. The van der Waals surface area contributed by atoms with Gasteiger partial charge in [-0.25, -0.2) is 0 Å². The molecule has 1 heterocycles. The number of ether oxygens (including phenoxy) is 1. The van der Waals surface area contributed by atoms with Crippen molar-refractivity contribution < 1.29 is 19.2 Å². The van der Waals surface area contributed by atoms with Gasteiger partial charge in [0.05, 0.1) is 19.2 Å². The monoisotopic (exact) mass is 261 g/mol. The van der Waals surface area contributed by atoms with Gasteiger partial charge < -0.3 is 14.4 Å². The van der Waals surface area contributed by atoms with Gasteiger partial charge in [-0.1, -0.05) is 5.16 Å². The average molecular weight is 261 g/mol. The van der Waals surface area contributed by atoms with E-state index < -0.39 is 5.97 Å². The lowest BCUT2D eigenvalue weighted by Crippen LogP contribution is -1.99. The summed E-state index contributed by atoms with van der Waals surface area (Å²) in [6, 6.07) is 5.39. The van der Waals surface area contributed by atoms with Gasteiger partial charge >= 0.3 is 5.97 Å². The second-order valence-electron chi connectivity index (χ2n) is 4.32. The quantitative estimate of drug-likeness (QED) is 0.915. The van der Waals surface area contributed by atoms with Crippen molar-refractivity contribution >= 4 is 5.97 Å². The Bertz CT molecular complexity index is 616. The topological polar surface area (TPSA) is 72.6 Å². The Hall–Kier alpha value is -2.30. The predicted octanol–water partition coefficient (Wildman–Crippen LogP) is 2.59. The minimum absolute atomic E-state index is 0.141. The SMILES string of the molecule is COc1ccc(-c2cc(CC(=O)O)no2)c(C)c1C. The molecule has 0 aliphatic carbocycles. The van der Waals surface area contributed by atoms with Gasteiger partial charge in [0.15, 0.2) is 5.76 Å². The number of aliphatic carboxylic acids is 1. The summed E-state index contributed by atoms with van der Waals surface area (Å²) in [5, 5.41) is 12.5. The fourth-order valence-corrected chi connectivity index (χ4v) is 1.96. The molecule has 5 heteroatoms. The van der Waals surface area contributed by atoms with E-state index in [9.17, 15) is 4.79 Å². The van der Waals surface area contributed by atoms with E-state index in [-0.39, 0.29) is 6.42 Å². The van der Waals surface area contributed by atoms with E-state index in [2.05, 4.69) is 5.16 Å². The maximum absolute atomic E-state index is 10.6. The zero-order chi connectivity index (χ0) is 14.0. The fraction of sp³-hybridized carbons (Fsp3) is 0.286. The molecule has 0 fully saturated rings. The number of methoxy groups -OCH3 is 1. The van der Waals surface area contributed by atoms with Crippen LogP contribution in [0.25, 0.3) is 11.3 Å². The Morgan fingerprint density at radius 2 is 2.11 bits per heavy atom. The molecule has 0 saturated carbocycles. The second kappa shape index (κ2) is 5.14. The molecule has 0 aliphatic rings. The number of carboxylic acid groups (broad SMARTS) is 1. The summed E-state index contributed by atoms with van der Waals surface area (Å²) < 4.78 is 10.5. The highest BCUT2D eigenvalue weighted by Gasteiger charge is 2.14. The number of hydrogen-bond acceptors (Lipinski definition) is 4. The van der Waals surface area contributed by atoms with Gasteiger partial charge in [0.25, 0.3) is 0 Å². The van der Waals surface area contributed by atoms with Crippen molar-refractivity contribution in [2.45, 2.75) is 20.3 Å². The van der Waals surface area contributed by atoms with Crippen LogP contribution in [-0.2, 0) is 11.2 Å². The molecule has 5 nitrogen and oxygen atoms in total. The molecule has 0 spiro atoms. The zero-order valence-corrected chi connectivity index (χ0v) is 11.1. The van der Waals surface area contributed by atoms with Gasteiger partial charge in [-0.15, -0.1) is 0 Å². The number of hydrogen-bond donors (Lipinski definition) is 1. The van der Waals surface area contributed by atoms with Crippen molar-refractivity contribution in [3.05, 3.63) is 35.0 Å². The minimum atomic E-state index is -0.928. The molecule has 0 bridgehead atoms. The van der Waals surface area contributed by atoms with Crippen LogP contribution in [0.2, 0.25) is 0 Å². The van der Waals surface area contributed by atoms with E-state index >= 15 is 0 Å². The third kappa shape index (κ3) is 2.59. The van der Waals surface area contributed by atoms with Crippen LogP contribution in [0.1, 0.15) is 16.8 Å². The fourth-order valence-electron chi connectivity index (χ4n) is 1.96. The molecule has 1 aromatic carbocycles. The average Bonchev–Trinajstić information content (AvgIpc) is 2.80. The molecule has 0 saturated heterocycles. The van der Waals surface area contributed by atoms with E-state index in [4.69, 9.17) is 14.4 Å². The largest absolute Gasteiger partial charge is 0.496 e. The highest BCUT2D eigenvalue weighted by atomic mass is 16.5. The Labute approximate surface area is 110 Å². The summed E-state index contributed by atoms with van der Waals surface area (Å²) in [5.41, 5.74) is 3.35. The molecule has 2 rings (SSSR count). The van der Waals surface area contributed by atoms with E-state index in [0.29, 0.717) is 11.5 Å². The summed E-state index contributed by atoms with van der Waals surface area (Å²) in [4.78, 5) is 10.6. The first-order valence-corrected chi connectivity index (χ1v) is 5.85. The Kier molecular flexibility index (Phi) is 3.55. The van der Waals surface area contributed by atoms with Crippen LogP contribution in [0.15, 0.2) is 22.7 Å². The van der Waals surface area contributed by atoms with Gasteiger partial charge in [-0.05, 0) is 37.1 Å². The van der Waals surface area contributed by atoms with Crippen molar-refractivity contribution in [3.8, 4) is 17.1 Å². The molecule has 0 unspecified atom stereocenters. The van der Waals surface area contributed by atoms with Crippen molar-refractivity contribution in [3.63, 3.8) is 0 Å². The van der Waals surface area contributed by atoms with E-state index in [1.165, 1.54) is 0 Å². The number of carbonyl (C=O) groups is 1. The van der Waals surface area contributed by atoms with E-state index in [1.54, 1.807) is 13.2 Å². The molecular formula is C14H15NO4. The molecule has 0 aliphatic heterocycles. The van der Waals surface area contributed by atoms with Crippen molar-refractivity contribution in [1.82, 2.24) is 5.16 Å². The molecule has 0 atom stereocenters. The number of aromatic nitrogens is 1. The molecule has 0 radical (unpaired) electrons. The predicted molar refractivity (Wildman–Crippen MR) is 69.3 cm³/mol. The van der Waals surface area contributed by atoms with Gasteiger partial charge in [-0.3, -0.25) is 4.79 Å². The molecule has 0 amide bonds. The van der Waals surface area contributed by atoms with Crippen LogP contribution in [0, 0.1) is 13.8 Å². The summed E-state index contributed by atoms with van der Waals surface area (Å²) in [6.07, 6.45) is -0.141. The second-order valence-corrected chi connectivity index (χ2v) is 4.32. The molecular weight excluding hydrogens is 246 g/mol. The summed E-state index contributed by atoms with van der Waals surface area (Å²) >= 11 is 0. The third-order valence-corrected chi connectivity index (χ3v) is 3.11. The van der Waals surface area contributed by atoms with E-state index in [1.807, 2.05) is 26.0 Å². The van der Waals surface area contributed by atoms with Gasteiger partial charge in [0, 0.05) is 11.6 Å². The van der Waals surface area contributed by atoms with Gasteiger partial charge in [-0.2, -0.15) is 0 Å². The molecule has 100 valence electrons. The van der Waals surface area contributed by atoms with Gasteiger partial charge in [0.1, 0.15) is 5.75 Å². The first kappa shape index (κ1) is 13.1. The van der Waals surface area contributed by atoms with Crippen LogP contribution < -0.4 is 4.74 Å². The van der Waals surface area contributed by atoms with Crippen LogP contribution in [-0.4, -0.2) is 23.3 Å². The van der Waals surface area contributed by atoms with E-state index in [0.717, 1.165) is 22.4 Å². The standard InChI is InChI=1S/C14H15NO4/c1-8-9(2)12(18-3)5-4-11(8)13-6-10(15-19-13)7-14(16)17/h4-6H,7H2,1-3H3,(H,16,17).